The third-order valence-electron chi connectivity index (χ3n) is 5.21. The van der Waals surface area contributed by atoms with Crippen molar-refractivity contribution in [3.8, 4) is 5.75 Å². The molecule has 0 bridgehead atoms. The lowest BCUT2D eigenvalue weighted by molar-refractivity contribution is -0.134. The monoisotopic (exact) mass is 421 g/mol. The van der Waals surface area contributed by atoms with Gasteiger partial charge < -0.3 is 9.15 Å². The van der Waals surface area contributed by atoms with Crippen LogP contribution in [0.5, 0.6) is 5.75 Å². The summed E-state index contributed by atoms with van der Waals surface area (Å²) in [6.07, 6.45) is 2.15. The Morgan fingerprint density at radius 3 is 2.71 bits per heavy atom. The summed E-state index contributed by atoms with van der Waals surface area (Å²) in [5, 5.41) is 6.14. The molecule has 0 N–H and O–H groups in total. The van der Waals surface area contributed by atoms with Crippen LogP contribution < -0.4 is 4.74 Å². The maximum atomic E-state index is 13.5. The van der Waals surface area contributed by atoms with Crippen LogP contribution in [-0.2, 0) is 11.3 Å². The first kappa shape index (κ1) is 20.8. The SMILES string of the molecule is COc1ccc(C2=NN(C(=O)CN(C)Cc3cccc(F)c3)[C@H](c3ccco3)C2)cc1. The second-order valence-corrected chi connectivity index (χ2v) is 7.55. The summed E-state index contributed by atoms with van der Waals surface area (Å²) < 4.78 is 24.3. The number of halogens is 1. The standard InChI is InChI=1S/C24H24FN3O3/c1-27(15-17-5-3-6-19(25)13-17)16-24(29)28-22(23-7-4-12-31-23)14-21(26-28)18-8-10-20(30-2)11-9-18/h3-13,22H,14-16H2,1-2H3/t22-/m0/s1. The van der Waals surface area contributed by atoms with Crippen molar-refractivity contribution >= 4 is 11.6 Å². The van der Waals surface area contributed by atoms with Crippen LogP contribution in [0.4, 0.5) is 4.39 Å². The minimum absolute atomic E-state index is 0.146. The highest BCUT2D eigenvalue weighted by Crippen LogP contribution is 2.33. The molecule has 2 aromatic carbocycles. The minimum Gasteiger partial charge on any atom is -0.497 e. The van der Waals surface area contributed by atoms with E-state index < -0.39 is 0 Å². The molecule has 0 spiro atoms. The predicted molar refractivity (Wildman–Crippen MR) is 115 cm³/mol. The van der Waals surface area contributed by atoms with E-state index in [1.807, 2.05) is 48.3 Å². The molecule has 0 aliphatic carbocycles. The van der Waals surface area contributed by atoms with Gasteiger partial charge in [0.1, 0.15) is 23.4 Å². The molecule has 1 amide bonds. The first-order valence-corrected chi connectivity index (χ1v) is 10.0. The molecule has 0 saturated heterocycles. The Morgan fingerprint density at radius 1 is 1.23 bits per heavy atom. The fraction of sp³-hybridized carbons (Fsp3) is 0.250. The maximum absolute atomic E-state index is 13.5. The number of ether oxygens (including phenoxy) is 1. The number of nitrogens with zero attached hydrogens (tertiary/aromatic N) is 3. The van der Waals surface area contributed by atoms with Crippen molar-refractivity contribution in [3.05, 3.63) is 89.6 Å². The van der Waals surface area contributed by atoms with Gasteiger partial charge in [0, 0.05) is 13.0 Å². The number of carbonyl (C=O) groups excluding carboxylic acids is 1. The molecule has 6 nitrogen and oxygen atoms in total. The van der Waals surface area contributed by atoms with Gasteiger partial charge in [-0.3, -0.25) is 9.69 Å². The summed E-state index contributed by atoms with van der Waals surface area (Å²) in [4.78, 5) is 15.0. The highest BCUT2D eigenvalue weighted by Gasteiger charge is 2.35. The third kappa shape index (κ3) is 4.83. The van der Waals surface area contributed by atoms with Gasteiger partial charge in [-0.2, -0.15) is 5.10 Å². The Hall–Kier alpha value is -3.45. The lowest BCUT2D eigenvalue weighted by Gasteiger charge is -2.23. The third-order valence-corrected chi connectivity index (χ3v) is 5.21. The summed E-state index contributed by atoms with van der Waals surface area (Å²) in [6, 6.07) is 17.3. The molecule has 1 atom stereocenters. The summed E-state index contributed by atoms with van der Waals surface area (Å²) in [6.45, 7) is 0.602. The van der Waals surface area contributed by atoms with E-state index in [2.05, 4.69) is 5.10 Å². The molecular weight excluding hydrogens is 397 g/mol. The van der Waals surface area contributed by atoms with E-state index in [4.69, 9.17) is 9.15 Å². The van der Waals surface area contributed by atoms with Crippen molar-refractivity contribution in [1.29, 1.82) is 0 Å². The van der Waals surface area contributed by atoms with Gasteiger partial charge in [0.25, 0.3) is 5.91 Å². The number of amides is 1. The van der Waals surface area contributed by atoms with E-state index in [0.29, 0.717) is 18.7 Å². The van der Waals surface area contributed by atoms with Crippen molar-refractivity contribution in [3.63, 3.8) is 0 Å². The van der Waals surface area contributed by atoms with Crippen LogP contribution in [0.3, 0.4) is 0 Å². The molecule has 31 heavy (non-hydrogen) atoms. The highest BCUT2D eigenvalue weighted by molar-refractivity contribution is 6.03. The van der Waals surface area contributed by atoms with Crippen LogP contribution in [0.15, 0.2) is 76.4 Å². The zero-order chi connectivity index (χ0) is 21.8. The molecule has 1 aliphatic heterocycles. The molecule has 1 aliphatic rings. The van der Waals surface area contributed by atoms with E-state index in [1.54, 1.807) is 25.5 Å². The Morgan fingerprint density at radius 2 is 2.03 bits per heavy atom. The Kier molecular flexibility index (Phi) is 6.13. The number of carbonyl (C=O) groups is 1. The molecule has 1 aromatic heterocycles. The second kappa shape index (κ2) is 9.14. The van der Waals surface area contributed by atoms with Gasteiger partial charge in [0.15, 0.2) is 0 Å². The zero-order valence-electron chi connectivity index (χ0n) is 17.5. The van der Waals surface area contributed by atoms with Gasteiger partial charge in [0.2, 0.25) is 0 Å². The molecule has 0 radical (unpaired) electrons. The molecule has 160 valence electrons. The van der Waals surface area contributed by atoms with Gasteiger partial charge in [-0.25, -0.2) is 9.40 Å². The molecular formula is C24H24FN3O3. The molecule has 3 aromatic rings. The number of hydrazone groups is 1. The number of benzene rings is 2. The van der Waals surface area contributed by atoms with Crippen LogP contribution in [0.25, 0.3) is 0 Å². The number of methoxy groups -OCH3 is 1. The first-order valence-electron chi connectivity index (χ1n) is 10.0. The summed E-state index contributed by atoms with van der Waals surface area (Å²) >= 11 is 0. The largest absolute Gasteiger partial charge is 0.497 e. The molecule has 0 unspecified atom stereocenters. The Bertz CT molecular complexity index is 1060. The fourth-order valence-corrected chi connectivity index (χ4v) is 3.71. The number of likely N-dealkylation sites (N-methyl/N-ethyl adjacent to an activating group) is 1. The molecule has 2 heterocycles. The van der Waals surface area contributed by atoms with Crippen molar-refractivity contribution in [2.45, 2.75) is 19.0 Å². The van der Waals surface area contributed by atoms with Crippen molar-refractivity contribution in [2.24, 2.45) is 5.10 Å². The normalized spacial score (nSPS) is 15.9. The molecule has 7 heteroatoms. The zero-order valence-corrected chi connectivity index (χ0v) is 17.5. The first-order chi connectivity index (χ1) is 15.0. The summed E-state index contributed by atoms with van der Waals surface area (Å²) in [5.74, 6) is 1.01. The number of hydrogen-bond donors (Lipinski definition) is 0. The second-order valence-electron chi connectivity index (χ2n) is 7.55. The van der Waals surface area contributed by atoms with Gasteiger partial charge in [-0.1, -0.05) is 12.1 Å². The van der Waals surface area contributed by atoms with E-state index in [9.17, 15) is 9.18 Å². The molecule has 0 fully saturated rings. The topological polar surface area (TPSA) is 58.3 Å². The number of rotatable bonds is 7. The Labute approximate surface area is 180 Å². The Balaban J connectivity index is 1.51. The number of furan rings is 1. The lowest BCUT2D eigenvalue weighted by atomic mass is 10.0. The summed E-state index contributed by atoms with van der Waals surface area (Å²) in [5.41, 5.74) is 2.55. The van der Waals surface area contributed by atoms with Crippen LogP contribution in [-0.4, -0.2) is 42.2 Å². The fourth-order valence-electron chi connectivity index (χ4n) is 3.71. The molecule has 4 rings (SSSR count). The van der Waals surface area contributed by atoms with Crippen LogP contribution in [0.1, 0.15) is 29.3 Å². The van der Waals surface area contributed by atoms with Crippen molar-refractivity contribution in [1.82, 2.24) is 9.91 Å². The highest BCUT2D eigenvalue weighted by atomic mass is 19.1. The average molecular weight is 421 g/mol. The van der Waals surface area contributed by atoms with Gasteiger partial charge in [-0.15, -0.1) is 0 Å². The quantitative estimate of drug-likeness (QED) is 0.573. The molecule has 0 saturated carbocycles. The van der Waals surface area contributed by atoms with Crippen molar-refractivity contribution < 1.29 is 18.3 Å². The van der Waals surface area contributed by atoms with Crippen LogP contribution >= 0.6 is 0 Å². The summed E-state index contributed by atoms with van der Waals surface area (Å²) in [7, 11) is 3.45. The van der Waals surface area contributed by atoms with Crippen molar-refractivity contribution in [2.75, 3.05) is 20.7 Å². The lowest BCUT2D eigenvalue weighted by Crippen LogP contribution is -2.36. The van der Waals surface area contributed by atoms with Crippen LogP contribution in [0, 0.1) is 5.82 Å². The van der Waals surface area contributed by atoms with Gasteiger partial charge in [-0.05, 0) is 66.7 Å². The average Bonchev–Trinajstić information content (AvgIpc) is 3.43. The van der Waals surface area contributed by atoms with Gasteiger partial charge in [0.05, 0.1) is 25.6 Å². The predicted octanol–water partition coefficient (Wildman–Crippen LogP) is 4.24. The van der Waals surface area contributed by atoms with Gasteiger partial charge >= 0.3 is 0 Å². The maximum Gasteiger partial charge on any atom is 0.257 e. The van der Waals surface area contributed by atoms with Crippen LogP contribution in [0.2, 0.25) is 0 Å². The van der Waals surface area contributed by atoms with E-state index in [-0.39, 0.29) is 24.3 Å². The van der Waals surface area contributed by atoms with E-state index in [1.165, 1.54) is 17.1 Å². The minimum atomic E-state index is -0.304. The van der Waals surface area contributed by atoms with E-state index in [0.717, 1.165) is 22.6 Å². The smallest absolute Gasteiger partial charge is 0.257 e. The van der Waals surface area contributed by atoms with E-state index >= 15 is 0 Å². The number of hydrogen-bond acceptors (Lipinski definition) is 5.